The molecule has 0 saturated carbocycles. The molecule has 0 heterocycles. The average molecular weight is 319 g/mol. The van der Waals surface area contributed by atoms with E-state index in [1.54, 1.807) is 0 Å². The van der Waals surface area contributed by atoms with Crippen LogP contribution in [-0.2, 0) is 37.5 Å². The quantitative estimate of drug-likeness (QED) is 0.527. The number of rotatable bonds is 0. The van der Waals surface area contributed by atoms with Crippen molar-refractivity contribution < 1.29 is 37.5 Å². The van der Waals surface area contributed by atoms with Gasteiger partial charge in [-0.25, -0.2) is 0 Å². The van der Waals surface area contributed by atoms with Gasteiger partial charge in [0.2, 0.25) is 0 Å². The number of hydrogen-bond acceptors (Lipinski definition) is 0. The summed E-state index contributed by atoms with van der Waals surface area (Å²) in [5.74, 6) is 0. The van der Waals surface area contributed by atoms with Gasteiger partial charge in [-0.15, -0.1) is 0 Å². The van der Waals surface area contributed by atoms with Crippen LogP contribution in [-0.4, -0.2) is 45.5 Å². The first-order valence-electron chi connectivity index (χ1n) is 0. The van der Waals surface area contributed by atoms with Gasteiger partial charge in [-0.1, -0.05) is 0 Å². The Morgan fingerprint density at radius 2 is 0.600 bits per heavy atom. The van der Waals surface area contributed by atoms with Gasteiger partial charge < -0.3 is 16.4 Å². The number of hydrogen-bond donors (Lipinski definition) is 0. The van der Waals surface area contributed by atoms with Crippen molar-refractivity contribution in [2.24, 2.45) is 0 Å². The Labute approximate surface area is 81.6 Å². The van der Waals surface area contributed by atoms with E-state index in [2.05, 4.69) is 0 Å². The maximum atomic E-state index is 0. The van der Waals surface area contributed by atoms with Gasteiger partial charge in [-0.3, -0.25) is 0 Å². The van der Waals surface area contributed by atoms with Crippen molar-refractivity contribution >= 4 is 45.5 Å². The van der Waals surface area contributed by atoms with Gasteiger partial charge in [-0.2, -0.15) is 0 Å². The zero-order valence-corrected chi connectivity index (χ0v) is 8.75. The molecule has 0 aliphatic rings. The first-order valence-corrected chi connectivity index (χ1v) is 0. The van der Waals surface area contributed by atoms with Crippen LogP contribution in [0.2, 0.25) is 0 Å². The second-order valence-corrected chi connectivity index (χ2v) is 0. The predicted octanol–water partition coefficient (Wildman–Crippen LogP) is -0.740. The summed E-state index contributed by atoms with van der Waals surface area (Å²) in [7, 11) is 0. The standard InChI is InChI=1S/3O.Sr.W/q3*-2;+2;. The van der Waals surface area contributed by atoms with Crippen molar-refractivity contribution in [1.29, 1.82) is 0 Å². The molecule has 0 atom stereocenters. The summed E-state index contributed by atoms with van der Waals surface area (Å²) in [6.07, 6.45) is 0. The van der Waals surface area contributed by atoms with Crippen molar-refractivity contribution in [3.05, 3.63) is 0 Å². The molecule has 0 spiro atoms. The van der Waals surface area contributed by atoms with Gasteiger partial charge in [0.25, 0.3) is 0 Å². The summed E-state index contributed by atoms with van der Waals surface area (Å²) in [6, 6.07) is 0. The van der Waals surface area contributed by atoms with Crippen LogP contribution in [0.3, 0.4) is 0 Å². The van der Waals surface area contributed by atoms with Crippen LogP contribution < -0.4 is 0 Å². The van der Waals surface area contributed by atoms with E-state index in [9.17, 15) is 0 Å². The molecule has 0 aliphatic carbocycles. The van der Waals surface area contributed by atoms with Crippen molar-refractivity contribution in [2.45, 2.75) is 0 Å². The van der Waals surface area contributed by atoms with Crippen LogP contribution in [0.15, 0.2) is 0 Å². The zero-order valence-electron chi connectivity index (χ0n) is 2.34. The second kappa shape index (κ2) is 36.7. The molecule has 0 aromatic carbocycles. The van der Waals surface area contributed by atoms with Crippen molar-refractivity contribution in [2.75, 3.05) is 0 Å². The van der Waals surface area contributed by atoms with Crippen LogP contribution in [0.1, 0.15) is 0 Å². The molecule has 0 unspecified atom stereocenters. The smallest absolute Gasteiger partial charge is 2.00 e. The normalized spacial score (nSPS) is 0. The third-order valence-electron chi connectivity index (χ3n) is 0. The summed E-state index contributed by atoms with van der Waals surface area (Å²) in [5, 5.41) is 0. The van der Waals surface area contributed by atoms with Gasteiger partial charge >= 0.3 is 45.5 Å². The van der Waals surface area contributed by atoms with Crippen molar-refractivity contribution in [3.8, 4) is 0 Å². The maximum Gasteiger partial charge on any atom is 2.00 e. The Kier molecular flexibility index (Phi) is 451. The Morgan fingerprint density at radius 3 is 0.600 bits per heavy atom. The molecule has 0 aromatic rings. The van der Waals surface area contributed by atoms with Gasteiger partial charge in [0.1, 0.15) is 0 Å². The molecule has 5 heteroatoms. The Morgan fingerprint density at radius 1 is 0.600 bits per heavy atom. The SMILES string of the molecule is [O-2].[O-2].[O-2].[Sr+2].[W]. The summed E-state index contributed by atoms with van der Waals surface area (Å²) in [6.45, 7) is 0. The molecule has 0 aliphatic heterocycles. The van der Waals surface area contributed by atoms with Crippen LogP contribution in [0, 0.1) is 0 Å². The average Bonchev–Trinajstić information content (AvgIpc) is 0. The third kappa shape index (κ3) is 23.6. The summed E-state index contributed by atoms with van der Waals surface area (Å²) in [5.41, 5.74) is 0. The largest absolute Gasteiger partial charge is 2.00 e. The third-order valence-corrected chi connectivity index (χ3v) is 0. The molecule has 0 amide bonds. The van der Waals surface area contributed by atoms with E-state index in [0.29, 0.717) is 0 Å². The fourth-order valence-electron chi connectivity index (χ4n) is 0. The van der Waals surface area contributed by atoms with E-state index in [1.807, 2.05) is 0 Å². The fraction of sp³-hybridized carbons (Fsp3) is 0. The Balaban J connectivity index is 0. The molecule has 30 valence electrons. The van der Waals surface area contributed by atoms with Gasteiger partial charge in [0.15, 0.2) is 0 Å². The molecule has 0 bridgehead atoms. The van der Waals surface area contributed by atoms with E-state index in [1.165, 1.54) is 0 Å². The Hall–Kier alpha value is 2.05. The first kappa shape index (κ1) is 61.4. The minimum Gasteiger partial charge on any atom is -2.00 e. The molecule has 0 aromatic heterocycles. The first-order chi connectivity index (χ1) is 0. The molecule has 0 radical (unpaired) electrons. The fourth-order valence-corrected chi connectivity index (χ4v) is 0. The molecular formula is O3SrW-4. The van der Waals surface area contributed by atoms with Gasteiger partial charge in [0.05, 0.1) is 0 Å². The van der Waals surface area contributed by atoms with E-state index in [4.69, 9.17) is 0 Å². The van der Waals surface area contributed by atoms with Crippen molar-refractivity contribution in [3.63, 3.8) is 0 Å². The van der Waals surface area contributed by atoms with Crippen molar-refractivity contribution in [1.82, 2.24) is 0 Å². The minimum atomic E-state index is 0. The van der Waals surface area contributed by atoms with E-state index < -0.39 is 0 Å². The van der Waals surface area contributed by atoms with E-state index in [0.717, 1.165) is 0 Å². The maximum absolute atomic E-state index is 0. The zero-order chi connectivity index (χ0) is 0. The summed E-state index contributed by atoms with van der Waals surface area (Å²) >= 11 is 0. The predicted molar refractivity (Wildman–Crippen MR) is 7.81 cm³/mol. The Bertz CT molecular complexity index is 6.85. The van der Waals surface area contributed by atoms with E-state index in [-0.39, 0.29) is 83.0 Å². The molecular weight excluding hydrogens is 319 g/mol. The second-order valence-electron chi connectivity index (χ2n) is 0. The monoisotopic (exact) mass is 320 g/mol. The summed E-state index contributed by atoms with van der Waals surface area (Å²) < 4.78 is 0. The van der Waals surface area contributed by atoms with Crippen LogP contribution in [0.4, 0.5) is 0 Å². The van der Waals surface area contributed by atoms with Crippen LogP contribution in [0.25, 0.3) is 0 Å². The molecule has 0 rings (SSSR count). The molecule has 0 N–H and O–H groups in total. The molecule has 0 saturated heterocycles. The van der Waals surface area contributed by atoms with Crippen LogP contribution in [0.5, 0.6) is 0 Å². The van der Waals surface area contributed by atoms with Gasteiger partial charge in [0, 0.05) is 21.1 Å². The molecule has 0 fully saturated rings. The topological polar surface area (TPSA) is 85.5 Å². The molecule has 3 nitrogen and oxygen atoms in total. The van der Waals surface area contributed by atoms with E-state index >= 15 is 0 Å². The minimum absolute atomic E-state index is 0. The van der Waals surface area contributed by atoms with Crippen LogP contribution >= 0.6 is 0 Å². The van der Waals surface area contributed by atoms with Gasteiger partial charge in [-0.05, 0) is 0 Å². The molecule has 5 heavy (non-hydrogen) atoms. The summed E-state index contributed by atoms with van der Waals surface area (Å²) in [4.78, 5) is 0.